The van der Waals surface area contributed by atoms with E-state index in [1.807, 2.05) is 0 Å². The van der Waals surface area contributed by atoms with Gasteiger partial charge in [0.2, 0.25) is 0 Å². The van der Waals surface area contributed by atoms with Gasteiger partial charge in [-0.15, -0.1) is 0 Å². The van der Waals surface area contributed by atoms with Crippen molar-refractivity contribution in [1.82, 2.24) is 15.1 Å². The molecule has 2 aliphatic heterocycles. The number of alkyl carbamates (subject to hydrolysis) is 1. The number of ether oxygens (including phenoxy) is 2. The summed E-state index contributed by atoms with van der Waals surface area (Å²) in [6.07, 6.45) is -1.50. The number of rotatable bonds is 8. The van der Waals surface area contributed by atoms with Gasteiger partial charge in [-0.3, -0.25) is 29.0 Å². The standard InChI is InChI=1S/C26H27N3O7/c1-26(2,3)36-25(34)27-12-13-35-16(14-28-21(30)17-8-4-5-9-18(17)22(28)31)15-29-23(32)19-10-6-7-11-20(19)24(29)33/h4-11,16H,12-15H2,1-3H3,(H,27,34). The average Bonchev–Trinajstić information content (AvgIpc) is 3.21. The maximum absolute atomic E-state index is 12.9. The van der Waals surface area contributed by atoms with Crippen LogP contribution in [-0.2, 0) is 9.47 Å². The molecular formula is C26H27N3O7. The van der Waals surface area contributed by atoms with Crippen molar-refractivity contribution in [2.75, 3.05) is 26.2 Å². The van der Waals surface area contributed by atoms with Gasteiger partial charge in [0.15, 0.2) is 0 Å². The van der Waals surface area contributed by atoms with Crippen molar-refractivity contribution >= 4 is 29.7 Å². The van der Waals surface area contributed by atoms with Gasteiger partial charge >= 0.3 is 6.09 Å². The zero-order valence-electron chi connectivity index (χ0n) is 20.3. The van der Waals surface area contributed by atoms with E-state index >= 15 is 0 Å². The van der Waals surface area contributed by atoms with Crippen LogP contribution in [0.15, 0.2) is 48.5 Å². The highest BCUT2D eigenvalue weighted by Gasteiger charge is 2.40. The molecule has 10 nitrogen and oxygen atoms in total. The number of hydrogen-bond acceptors (Lipinski definition) is 7. The second-order valence-electron chi connectivity index (χ2n) is 9.45. The van der Waals surface area contributed by atoms with Gasteiger partial charge in [-0.25, -0.2) is 4.79 Å². The van der Waals surface area contributed by atoms with Gasteiger partial charge in [-0.2, -0.15) is 0 Å². The van der Waals surface area contributed by atoms with Crippen LogP contribution in [0.5, 0.6) is 0 Å². The lowest BCUT2D eigenvalue weighted by Gasteiger charge is -2.26. The summed E-state index contributed by atoms with van der Waals surface area (Å²) in [4.78, 5) is 65.5. The third kappa shape index (κ3) is 5.13. The Morgan fingerprint density at radius 1 is 0.778 bits per heavy atom. The molecule has 0 bridgehead atoms. The summed E-state index contributed by atoms with van der Waals surface area (Å²) in [6.45, 7) is 4.94. The summed E-state index contributed by atoms with van der Waals surface area (Å²) >= 11 is 0. The number of carbonyl (C=O) groups excluding carboxylic acids is 5. The Morgan fingerprint density at radius 3 is 1.53 bits per heavy atom. The minimum Gasteiger partial charge on any atom is -0.444 e. The van der Waals surface area contributed by atoms with E-state index in [0.717, 1.165) is 9.80 Å². The Morgan fingerprint density at radius 2 is 1.17 bits per heavy atom. The van der Waals surface area contributed by atoms with Gasteiger partial charge < -0.3 is 14.8 Å². The predicted octanol–water partition coefficient (Wildman–Crippen LogP) is 2.49. The Kier molecular flexibility index (Phi) is 6.89. The third-order valence-corrected chi connectivity index (χ3v) is 5.65. The molecule has 0 unspecified atom stereocenters. The van der Waals surface area contributed by atoms with Crippen LogP contribution in [0.2, 0.25) is 0 Å². The first-order chi connectivity index (χ1) is 17.1. The zero-order valence-corrected chi connectivity index (χ0v) is 20.3. The number of imide groups is 2. The van der Waals surface area contributed by atoms with Crippen LogP contribution in [0.4, 0.5) is 4.79 Å². The molecule has 2 heterocycles. The fraction of sp³-hybridized carbons (Fsp3) is 0.346. The first-order valence-electron chi connectivity index (χ1n) is 11.6. The molecular weight excluding hydrogens is 466 g/mol. The highest BCUT2D eigenvalue weighted by molar-refractivity contribution is 6.22. The number of nitrogens with one attached hydrogen (secondary N) is 1. The summed E-state index contributed by atoms with van der Waals surface area (Å²) in [5, 5.41) is 2.56. The lowest BCUT2D eigenvalue weighted by molar-refractivity contribution is 0.00941. The number of fused-ring (bicyclic) bond motifs is 2. The lowest BCUT2D eigenvalue weighted by Crippen LogP contribution is -2.46. The molecule has 188 valence electrons. The fourth-order valence-electron chi connectivity index (χ4n) is 4.07. The van der Waals surface area contributed by atoms with Crippen LogP contribution in [0.3, 0.4) is 0 Å². The quantitative estimate of drug-likeness (QED) is 0.443. The predicted molar refractivity (Wildman–Crippen MR) is 128 cm³/mol. The molecule has 1 N–H and O–H groups in total. The number of amides is 5. The molecule has 0 aliphatic carbocycles. The van der Waals surface area contributed by atoms with Gasteiger partial charge in [0.05, 0.1) is 48.1 Å². The van der Waals surface area contributed by atoms with E-state index in [-0.39, 0.29) is 48.5 Å². The zero-order chi connectivity index (χ0) is 26.0. The number of carbonyl (C=O) groups is 5. The molecule has 2 aliphatic rings. The van der Waals surface area contributed by atoms with Gasteiger partial charge in [0.1, 0.15) is 5.60 Å². The van der Waals surface area contributed by atoms with Crippen LogP contribution in [0, 0.1) is 0 Å². The molecule has 36 heavy (non-hydrogen) atoms. The van der Waals surface area contributed by atoms with Crippen molar-refractivity contribution in [3.8, 4) is 0 Å². The molecule has 4 rings (SSSR count). The number of hydrogen-bond donors (Lipinski definition) is 1. The van der Waals surface area contributed by atoms with Crippen molar-refractivity contribution in [3.63, 3.8) is 0 Å². The second kappa shape index (κ2) is 9.90. The van der Waals surface area contributed by atoms with Gasteiger partial charge in [0.25, 0.3) is 23.6 Å². The van der Waals surface area contributed by atoms with Crippen molar-refractivity contribution in [1.29, 1.82) is 0 Å². The summed E-state index contributed by atoms with van der Waals surface area (Å²) in [5.41, 5.74) is 0.481. The smallest absolute Gasteiger partial charge is 0.407 e. The summed E-state index contributed by atoms with van der Waals surface area (Å²) in [6, 6.07) is 13.0. The topological polar surface area (TPSA) is 122 Å². The highest BCUT2D eigenvalue weighted by Crippen LogP contribution is 2.25. The maximum Gasteiger partial charge on any atom is 0.407 e. The van der Waals surface area contributed by atoms with Crippen LogP contribution >= 0.6 is 0 Å². The van der Waals surface area contributed by atoms with Crippen LogP contribution in [-0.4, -0.2) is 77.5 Å². The monoisotopic (exact) mass is 493 g/mol. The van der Waals surface area contributed by atoms with Crippen molar-refractivity contribution in [2.24, 2.45) is 0 Å². The summed E-state index contributed by atoms with van der Waals surface area (Å²) < 4.78 is 11.1. The van der Waals surface area contributed by atoms with Crippen LogP contribution in [0.1, 0.15) is 62.2 Å². The second-order valence-corrected chi connectivity index (χ2v) is 9.45. The number of benzene rings is 2. The third-order valence-electron chi connectivity index (χ3n) is 5.65. The van der Waals surface area contributed by atoms with E-state index in [0.29, 0.717) is 0 Å². The van der Waals surface area contributed by atoms with Gasteiger partial charge in [-0.05, 0) is 45.0 Å². The van der Waals surface area contributed by atoms with Crippen LogP contribution in [0.25, 0.3) is 0 Å². The molecule has 0 saturated carbocycles. The molecule has 2 aromatic rings. The van der Waals surface area contributed by atoms with Crippen molar-refractivity contribution in [3.05, 3.63) is 70.8 Å². The average molecular weight is 494 g/mol. The molecule has 0 radical (unpaired) electrons. The Bertz CT molecular complexity index is 1090. The minimum atomic E-state index is -0.880. The van der Waals surface area contributed by atoms with E-state index in [4.69, 9.17) is 9.47 Å². The minimum absolute atomic E-state index is 0.00372. The molecule has 0 saturated heterocycles. The van der Waals surface area contributed by atoms with E-state index in [2.05, 4.69) is 5.32 Å². The molecule has 0 fully saturated rings. The Labute approximate surface area is 208 Å². The first kappa shape index (κ1) is 25.1. The van der Waals surface area contributed by atoms with Gasteiger partial charge in [0, 0.05) is 6.54 Å². The normalized spacial score (nSPS) is 15.0. The van der Waals surface area contributed by atoms with Crippen molar-refractivity contribution in [2.45, 2.75) is 32.5 Å². The SMILES string of the molecule is CC(C)(C)OC(=O)NCCOC(CN1C(=O)c2ccccc2C1=O)CN1C(=O)c2ccccc2C1=O. The van der Waals surface area contributed by atoms with Crippen LogP contribution < -0.4 is 5.32 Å². The Balaban J connectivity index is 1.46. The molecule has 2 aromatic carbocycles. The van der Waals surface area contributed by atoms with E-state index in [1.165, 1.54) is 0 Å². The van der Waals surface area contributed by atoms with E-state index in [1.54, 1.807) is 69.3 Å². The Hall–Kier alpha value is -4.05. The largest absolute Gasteiger partial charge is 0.444 e. The number of nitrogens with zero attached hydrogens (tertiary/aromatic N) is 2. The van der Waals surface area contributed by atoms with Gasteiger partial charge in [-0.1, -0.05) is 24.3 Å². The first-order valence-corrected chi connectivity index (χ1v) is 11.6. The maximum atomic E-state index is 12.9. The fourth-order valence-corrected chi connectivity index (χ4v) is 4.07. The van der Waals surface area contributed by atoms with E-state index in [9.17, 15) is 24.0 Å². The highest BCUT2D eigenvalue weighted by atomic mass is 16.6. The summed E-state index contributed by atoms with van der Waals surface area (Å²) in [7, 11) is 0. The molecule has 0 spiro atoms. The molecule has 0 aromatic heterocycles. The molecule has 10 heteroatoms. The lowest BCUT2D eigenvalue weighted by atomic mass is 10.1. The van der Waals surface area contributed by atoms with E-state index < -0.39 is 41.4 Å². The molecule has 0 atom stereocenters. The van der Waals surface area contributed by atoms with Crippen molar-refractivity contribution < 1.29 is 33.4 Å². The summed E-state index contributed by atoms with van der Waals surface area (Å²) in [5.74, 6) is -1.89. The molecule has 5 amide bonds.